The van der Waals surface area contributed by atoms with Crippen LogP contribution in [0.3, 0.4) is 0 Å². The van der Waals surface area contributed by atoms with Crippen LogP contribution in [-0.4, -0.2) is 49.2 Å². The lowest BCUT2D eigenvalue weighted by molar-refractivity contribution is 0.194. The van der Waals surface area contributed by atoms with Crippen molar-refractivity contribution in [1.29, 1.82) is 0 Å². The Kier molecular flexibility index (Phi) is 5.54. The maximum absolute atomic E-state index is 12.4. The Bertz CT molecular complexity index is 968. The van der Waals surface area contributed by atoms with Gasteiger partial charge < -0.3 is 19.9 Å². The van der Waals surface area contributed by atoms with E-state index in [1.165, 1.54) is 0 Å². The second-order valence-electron chi connectivity index (χ2n) is 6.59. The fourth-order valence-corrected chi connectivity index (χ4v) is 4.32. The number of rotatable bonds is 4. The van der Waals surface area contributed by atoms with E-state index in [-0.39, 0.29) is 6.03 Å². The molecule has 3 aromatic rings. The molecule has 0 aliphatic carbocycles. The highest BCUT2D eigenvalue weighted by atomic mass is 35.5. The summed E-state index contributed by atoms with van der Waals surface area (Å²) in [6, 6.07) is 13.4. The number of urea groups is 1. The molecule has 0 unspecified atom stereocenters. The van der Waals surface area contributed by atoms with Crippen LogP contribution in [0.1, 0.15) is 5.56 Å². The molecule has 0 spiro atoms. The Labute approximate surface area is 172 Å². The number of nitrogens with zero attached hydrogens (tertiary/aromatic N) is 3. The topological polar surface area (TPSA) is 57.7 Å². The van der Waals surface area contributed by atoms with Gasteiger partial charge in [-0.05, 0) is 35.9 Å². The van der Waals surface area contributed by atoms with Gasteiger partial charge in [0.1, 0.15) is 5.75 Å². The van der Waals surface area contributed by atoms with Crippen molar-refractivity contribution in [2.75, 3.05) is 38.2 Å². The van der Waals surface area contributed by atoms with Gasteiger partial charge in [0.2, 0.25) is 0 Å². The highest BCUT2D eigenvalue weighted by molar-refractivity contribution is 7.22. The van der Waals surface area contributed by atoms with Crippen molar-refractivity contribution in [3.63, 3.8) is 0 Å². The second-order valence-corrected chi connectivity index (χ2v) is 8.03. The van der Waals surface area contributed by atoms with Gasteiger partial charge in [-0.3, -0.25) is 0 Å². The van der Waals surface area contributed by atoms with Crippen LogP contribution in [0, 0.1) is 0 Å². The van der Waals surface area contributed by atoms with Crippen LogP contribution in [0.4, 0.5) is 9.93 Å². The SMILES string of the molecule is COc1ccc2nc(N3CCN(C(=O)NCc4ccc(Cl)cc4)CC3)sc2c1. The molecule has 1 saturated heterocycles. The molecule has 0 radical (unpaired) electrons. The summed E-state index contributed by atoms with van der Waals surface area (Å²) in [6.45, 7) is 3.38. The first-order valence-electron chi connectivity index (χ1n) is 9.09. The largest absolute Gasteiger partial charge is 0.497 e. The van der Waals surface area contributed by atoms with Gasteiger partial charge >= 0.3 is 6.03 Å². The van der Waals surface area contributed by atoms with E-state index in [4.69, 9.17) is 21.3 Å². The lowest BCUT2D eigenvalue weighted by atomic mass is 10.2. The summed E-state index contributed by atoms with van der Waals surface area (Å²) in [5.74, 6) is 0.838. The smallest absolute Gasteiger partial charge is 0.317 e. The molecule has 1 aliphatic heterocycles. The van der Waals surface area contributed by atoms with Gasteiger partial charge in [-0.2, -0.15) is 0 Å². The molecular formula is C20H21ClN4O2S. The van der Waals surface area contributed by atoms with E-state index in [9.17, 15) is 4.79 Å². The number of halogens is 1. The number of carbonyl (C=O) groups excluding carboxylic acids is 1. The zero-order chi connectivity index (χ0) is 19.5. The molecule has 4 rings (SSSR count). The molecule has 0 atom stereocenters. The molecule has 0 bridgehead atoms. The molecule has 8 heteroatoms. The van der Waals surface area contributed by atoms with Crippen molar-refractivity contribution < 1.29 is 9.53 Å². The van der Waals surface area contributed by atoms with Crippen LogP contribution in [0.15, 0.2) is 42.5 Å². The lowest BCUT2D eigenvalue weighted by Crippen LogP contribution is -2.51. The van der Waals surface area contributed by atoms with Crippen LogP contribution in [0.5, 0.6) is 5.75 Å². The Balaban J connectivity index is 1.32. The molecule has 2 amide bonds. The second kappa shape index (κ2) is 8.24. The van der Waals surface area contributed by atoms with E-state index in [1.54, 1.807) is 18.4 Å². The monoisotopic (exact) mass is 416 g/mol. The zero-order valence-corrected chi connectivity index (χ0v) is 17.1. The van der Waals surface area contributed by atoms with Crippen LogP contribution in [-0.2, 0) is 6.54 Å². The molecule has 2 heterocycles. The summed E-state index contributed by atoms with van der Waals surface area (Å²) in [6.07, 6.45) is 0. The van der Waals surface area contributed by atoms with Crippen molar-refractivity contribution in [2.45, 2.75) is 6.54 Å². The Hall–Kier alpha value is -2.51. The standard InChI is InChI=1S/C20H21ClN4O2S/c1-27-16-6-7-17-18(12-16)28-20(23-17)25-10-8-24(9-11-25)19(26)22-13-14-2-4-15(21)5-3-14/h2-7,12H,8-11,13H2,1H3,(H,22,26). The molecule has 1 aliphatic rings. The Morgan fingerprint density at radius 1 is 1.18 bits per heavy atom. The van der Waals surface area contributed by atoms with Crippen LogP contribution < -0.4 is 15.0 Å². The molecule has 1 fully saturated rings. The summed E-state index contributed by atoms with van der Waals surface area (Å²) >= 11 is 7.55. The van der Waals surface area contributed by atoms with E-state index < -0.39 is 0 Å². The van der Waals surface area contributed by atoms with Gasteiger partial charge in [-0.1, -0.05) is 35.1 Å². The van der Waals surface area contributed by atoms with Crippen molar-refractivity contribution in [3.05, 3.63) is 53.1 Å². The first-order valence-corrected chi connectivity index (χ1v) is 10.3. The quantitative estimate of drug-likeness (QED) is 0.698. The van der Waals surface area contributed by atoms with Gasteiger partial charge in [0.25, 0.3) is 0 Å². The number of piperazine rings is 1. The predicted molar refractivity (Wildman–Crippen MR) is 114 cm³/mol. The first kappa shape index (κ1) is 18.8. The first-order chi connectivity index (χ1) is 13.6. The summed E-state index contributed by atoms with van der Waals surface area (Å²) in [5.41, 5.74) is 2.00. The highest BCUT2D eigenvalue weighted by Crippen LogP contribution is 2.31. The number of carbonyl (C=O) groups is 1. The minimum absolute atomic E-state index is 0.0383. The average Bonchev–Trinajstić information content (AvgIpc) is 3.16. The number of hydrogen-bond donors (Lipinski definition) is 1. The van der Waals surface area contributed by atoms with Crippen molar-refractivity contribution in [2.24, 2.45) is 0 Å². The van der Waals surface area contributed by atoms with Crippen molar-refractivity contribution in [3.8, 4) is 5.75 Å². The minimum atomic E-state index is -0.0383. The number of ether oxygens (including phenoxy) is 1. The molecule has 1 aromatic heterocycles. The third-order valence-electron chi connectivity index (χ3n) is 4.78. The number of aromatic nitrogens is 1. The van der Waals surface area contributed by atoms with E-state index in [0.29, 0.717) is 24.7 Å². The van der Waals surface area contributed by atoms with Gasteiger partial charge in [0, 0.05) is 37.7 Å². The Morgan fingerprint density at radius 3 is 2.64 bits per heavy atom. The van der Waals surface area contributed by atoms with Gasteiger partial charge in [0.05, 0.1) is 17.3 Å². The average molecular weight is 417 g/mol. The number of amides is 2. The molecule has 1 N–H and O–H groups in total. The predicted octanol–water partition coefficient (Wildman–Crippen LogP) is 3.99. The summed E-state index contributed by atoms with van der Waals surface area (Å²) in [4.78, 5) is 21.2. The number of benzene rings is 2. The van der Waals surface area contributed by atoms with E-state index in [0.717, 1.165) is 39.8 Å². The summed E-state index contributed by atoms with van der Waals surface area (Å²) < 4.78 is 6.39. The van der Waals surface area contributed by atoms with Gasteiger partial charge in [-0.15, -0.1) is 0 Å². The molecular weight excluding hydrogens is 396 g/mol. The van der Waals surface area contributed by atoms with Gasteiger partial charge in [0.15, 0.2) is 5.13 Å². The number of methoxy groups -OCH3 is 1. The lowest BCUT2D eigenvalue weighted by Gasteiger charge is -2.34. The zero-order valence-electron chi connectivity index (χ0n) is 15.5. The van der Waals surface area contributed by atoms with Crippen LogP contribution in [0.2, 0.25) is 5.02 Å². The third kappa shape index (κ3) is 4.15. The van der Waals surface area contributed by atoms with Crippen molar-refractivity contribution in [1.82, 2.24) is 15.2 Å². The van der Waals surface area contributed by atoms with Crippen LogP contribution >= 0.6 is 22.9 Å². The number of anilines is 1. The number of nitrogens with one attached hydrogen (secondary N) is 1. The summed E-state index contributed by atoms with van der Waals surface area (Å²) in [7, 11) is 1.67. The molecule has 2 aromatic carbocycles. The molecule has 0 saturated carbocycles. The molecule has 6 nitrogen and oxygen atoms in total. The molecule has 28 heavy (non-hydrogen) atoms. The normalized spacial score (nSPS) is 14.4. The van der Waals surface area contributed by atoms with E-state index in [2.05, 4.69) is 10.2 Å². The fourth-order valence-electron chi connectivity index (χ4n) is 3.15. The highest BCUT2D eigenvalue weighted by Gasteiger charge is 2.23. The number of hydrogen-bond acceptors (Lipinski definition) is 5. The minimum Gasteiger partial charge on any atom is -0.497 e. The maximum atomic E-state index is 12.4. The Morgan fingerprint density at radius 2 is 1.93 bits per heavy atom. The van der Waals surface area contributed by atoms with Crippen LogP contribution in [0.25, 0.3) is 10.2 Å². The summed E-state index contributed by atoms with van der Waals surface area (Å²) in [5, 5.41) is 4.66. The maximum Gasteiger partial charge on any atom is 0.317 e. The fraction of sp³-hybridized carbons (Fsp3) is 0.300. The number of fused-ring (bicyclic) bond motifs is 1. The third-order valence-corrected chi connectivity index (χ3v) is 6.11. The van der Waals surface area contributed by atoms with Crippen molar-refractivity contribution >= 4 is 44.3 Å². The van der Waals surface area contributed by atoms with Gasteiger partial charge in [-0.25, -0.2) is 9.78 Å². The number of thiazole rings is 1. The van der Waals surface area contributed by atoms with E-state index in [1.807, 2.05) is 47.4 Å². The molecule has 146 valence electrons. The van der Waals surface area contributed by atoms with E-state index >= 15 is 0 Å².